The summed E-state index contributed by atoms with van der Waals surface area (Å²) >= 11 is 0. The molecular formula is C24H23F3N2O6. The molecule has 8 nitrogen and oxygen atoms in total. The second-order valence-corrected chi connectivity index (χ2v) is 7.27. The number of hydrogen-bond donors (Lipinski definition) is 1. The molecule has 0 saturated carbocycles. The number of amides is 2. The predicted octanol–water partition coefficient (Wildman–Crippen LogP) is 3.56. The van der Waals surface area contributed by atoms with Crippen molar-refractivity contribution in [1.82, 2.24) is 4.90 Å². The molecule has 0 bridgehead atoms. The van der Waals surface area contributed by atoms with Crippen molar-refractivity contribution < 1.29 is 41.8 Å². The molecule has 11 heteroatoms. The van der Waals surface area contributed by atoms with Gasteiger partial charge in [-0.15, -0.1) is 0 Å². The lowest BCUT2D eigenvalue weighted by atomic mass is 10.1. The van der Waals surface area contributed by atoms with Gasteiger partial charge in [-0.3, -0.25) is 14.5 Å². The zero-order valence-corrected chi connectivity index (χ0v) is 18.5. The summed E-state index contributed by atoms with van der Waals surface area (Å²) in [7, 11) is 0. The van der Waals surface area contributed by atoms with Gasteiger partial charge in [0, 0.05) is 17.8 Å². The van der Waals surface area contributed by atoms with Gasteiger partial charge in [-0.05, 0) is 30.3 Å². The van der Waals surface area contributed by atoms with Crippen LogP contribution >= 0.6 is 0 Å². The van der Waals surface area contributed by atoms with Crippen molar-refractivity contribution in [1.29, 1.82) is 0 Å². The normalized spacial score (nSPS) is 13.4. The summed E-state index contributed by atoms with van der Waals surface area (Å²) in [4.78, 5) is 36.3. The van der Waals surface area contributed by atoms with Gasteiger partial charge in [0.15, 0.2) is 0 Å². The van der Waals surface area contributed by atoms with Crippen LogP contribution in [0.3, 0.4) is 0 Å². The summed E-state index contributed by atoms with van der Waals surface area (Å²) in [6.07, 6.45) is -2.08. The maximum Gasteiger partial charge on any atom is 0.416 e. The number of hydrogen-bond acceptors (Lipinski definition) is 7. The molecule has 0 aliphatic carbocycles. The number of rotatable bonds is 12. The highest BCUT2D eigenvalue weighted by atomic mass is 19.4. The Balaban J connectivity index is 1.37. The quantitative estimate of drug-likeness (QED) is 0.275. The third-order valence-corrected chi connectivity index (χ3v) is 4.81. The maximum atomic E-state index is 12.9. The number of esters is 1. The third kappa shape index (κ3) is 7.66. The van der Waals surface area contributed by atoms with Crippen molar-refractivity contribution in [2.75, 3.05) is 44.9 Å². The summed E-state index contributed by atoms with van der Waals surface area (Å²) in [5.74, 6) is -1.40. The van der Waals surface area contributed by atoms with Crippen LogP contribution in [0.15, 0.2) is 60.7 Å². The number of halogens is 3. The minimum absolute atomic E-state index is 0.0425. The van der Waals surface area contributed by atoms with E-state index < -0.39 is 17.7 Å². The fraction of sp³-hybridized carbons (Fsp3) is 0.292. The highest BCUT2D eigenvalue weighted by Gasteiger charge is 2.30. The topological polar surface area (TPSA) is 94.2 Å². The van der Waals surface area contributed by atoms with Crippen LogP contribution in [-0.4, -0.2) is 62.3 Å². The second-order valence-electron chi connectivity index (χ2n) is 7.27. The van der Waals surface area contributed by atoms with Crippen LogP contribution in [0.1, 0.15) is 15.9 Å². The molecule has 2 amide bonds. The zero-order chi connectivity index (χ0) is 25.3. The molecule has 1 heterocycles. The Kier molecular flexibility index (Phi) is 8.98. The lowest BCUT2D eigenvalue weighted by Crippen LogP contribution is -2.33. The summed E-state index contributed by atoms with van der Waals surface area (Å²) in [5.41, 5.74) is -0.165. The molecule has 0 aromatic heterocycles. The van der Waals surface area contributed by atoms with Crippen LogP contribution < -0.4 is 5.32 Å². The van der Waals surface area contributed by atoms with Crippen molar-refractivity contribution in [2.45, 2.75) is 6.18 Å². The smallest absolute Gasteiger partial charge is 0.416 e. The number of nitrogens with one attached hydrogen (secondary N) is 1. The lowest BCUT2D eigenvalue weighted by molar-refractivity contribution is -0.138. The third-order valence-electron chi connectivity index (χ3n) is 4.81. The molecule has 0 fully saturated rings. The number of nitrogens with zero attached hydrogens (tertiary/aromatic N) is 1. The number of alkyl halides is 3. The van der Waals surface area contributed by atoms with Gasteiger partial charge in [0.2, 0.25) is 0 Å². The van der Waals surface area contributed by atoms with Crippen molar-refractivity contribution in [3.8, 4) is 0 Å². The van der Waals surface area contributed by atoms with Gasteiger partial charge in [-0.2, -0.15) is 13.2 Å². The van der Waals surface area contributed by atoms with Gasteiger partial charge in [0.05, 0.1) is 49.8 Å². The van der Waals surface area contributed by atoms with Gasteiger partial charge >= 0.3 is 12.1 Å². The van der Waals surface area contributed by atoms with Gasteiger partial charge in [-0.1, -0.05) is 18.2 Å². The molecule has 0 unspecified atom stereocenters. The maximum absolute atomic E-state index is 12.9. The van der Waals surface area contributed by atoms with E-state index in [0.29, 0.717) is 5.69 Å². The first-order valence-electron chi connectivity index (χ1n) is 10.6. The minimum atomic E-state index is -4.48. The van der Waals surface area contributed by atoms with E-state index in [9.17, 15) is 27.6 Å². The fourth-order valence-corrected chi connectivity index (χ4v) is 3.10. The lowest BCUT2D eigenvalue weighted by Gasteiger charge is -2.14. The van der Waals surface area contributed by atoms with Crippen LogP contribution in [0.2, 0.25) is 0 Å². The number of benzene rings is 2. The van der Waals surface area contributed by atoms with Gasteiger partial charge in [0.1, 0.15) is 6.61 Å². The first kappa shape index (κ1) is 25.9. The Morgan fingerprint density at radius 1 is 0.857 bits per heavy atom. The molecule has 3 rings (SSSR count). The standard InChI is InChI=1S/C24H23F3N2O6/c25-24(26,27)17-4-3-5-18(16-17)28-20-7-2-1-6-19(20)23(32)35-15-14-34-13-12-33-11-10-29-21(30)8-9-22(29)31/h1-9,16,28H,10-15H2. The van der Waals surface area contributed by atoms with E-state index in [-0.39, 0.29) is 62.6 Å². The van der Waals surface area contributed by atoms with Crippen molar-refractivity contribution >= 4 is 29.2 Å². The Labute approximate surface area is 199 Å². The second kappa shape index (κ2) is 12.1. The van der Waals surface area contributed by atoms with Gasteiger partial charge in [-0.25, -0.2) is 4.79 Å². The van der Waals surface area contributed by atoms with Crippen molar-refractivity contribution in [2.24, 2.45) is 0 Å². The molecule has 2 aromatic rings. The fourth-order valence-electron chi connectivity index (χ4n) is 3.10. The number of anilines is 2. The van der Waals surface area contributed by atoms with Crippen molar-refractivity contribution in [3.63, 3.8) is 0 Å². The van der Waals surface area contributed by atoms with E-state index in [0.717, 1.165) is 17.0 Å². The van der Waals surface area contributed by atoms with Crippen LogP contribution in [0.25, 0.3) is 0 Å². The minimum Gasteiger partial charge on any atom is -0.460 e. The first-order chi connectivity index (χ1) is 16.8. The first-order valence-corrected chi connectivity index (χ1v) is 10.6. The average molecular weight is 492 g/mol. The van der Waals surface area contributed by atoms with Crippen LogP contribution in [0.4, 0.5) is 24.5 Å². The number of carbonyl (C=O) groups is 3. The molecule has 2 aromatic carbocycles. The Bertz CT molecular complexity index is 1070. The average Bonchev–Trinajstić information content (AvgIpc) is 3.15. The molecule has 1 aliphatic rings. The van der Waals surface area contributed by atoms with E-state index in [1.54, 1.807) is 18.2 Å². The van der Waals surface area contributed by atoms with E-state index in [1.165, 1.54) is 30.4 Å². The number of ether oxygens (including phenoxy) is 3. The highest BCUT2D eigenvalue weighted by Crippen LogP contribution is 2.32. The Morgan fingerprint density at radius 3 is 2.23 bits per heavy atom. The molecule has 0 atom stereocenters. The van der Waals surface area contributed by atoms with E-state index in [1.807, 2.05) is 0 Å². The van der Waals surface area contributed by atoms with Gasteiger partial charge in [0.25, 0.3) is 11.8 Å². The van der Waals surface area contributed by atoms with E-state index in [2.05, 4.69) is 5.32 Å². The Hall–Kier alpha value is -3.70. The summed E-state index contributed by atoms with van der Waals surface area (Å²) in [6, 6.07) is 11.0. The molecule has 1 N–H and O–H groups in total. The van der Waals surface area contributed by atoms with Crippen LogP contribution in [0.5, 0.6) is 0 Å². The zero-order valence-electron chi connectivity index (χ0n) is 18.5. The van der Waals surface area contributed by atoms with Crippen molar-refractivity contribution in [3.05, 3.63) is 71.8 Å². The molecule has 35 heavy (non-hydrogen) atoms. The molecule has 186 valence electrons. The monoisotopic (exact) mass is 492 g/mol. The summed E-state index contributed by atoms with van der Waals surface area (Å²) in [6.45, 7) is 0.820. The largest absolute Gasteiger partial charge is 0.460 e. The number of carbonyl (C=O) groups excluding carboxylic acids is 3. The van der Waals surface area contributed by atoms with E-state index >= 15 is 0 Å². The summed E-state index contributed by atoms with van der Waals surface area (Å²) in [5, 5.41) is 2.82. The van der Waals surface area contributed by atoms with Gasteiger partial charge < -0.3 is 19.5 Å². The molecule has 0 spiro atoms. The SMILES string of the molecule is O=C(OCCOCCOCCN1C(=O)C=CC1=O)c1ccccc1Nc1cccc(C(F)(F)F)c1. The summed E-state index contributed by atoms with van der Waals surface area (Å²) < 4.78 is 54.7. The molecular weight excluding hydrogens is 469 g/mol. The van der Waals surface area contributed by atoms with Crippen LogP contribution in [-0.2, 0) is 30.0 Å². The van der Waals surface area contributed by atoms with E-state index in [4.69, 9.17) is 14.2 Å². The molecule has 0 radical (unpaired) electrons. The Morgan fingerprint density at radius 2 is 1.51 bits per heavy atom. The van der Waals surface area contributed by atoms with Crippen LogP contribution in [0, 0.1) is 0 Å². The predicted molar refractivity (Wildman–Crippen MR) is 119 cm³/mol. The number of para-hydroxylation sites is 1. The molecule has 0 saturated heterocycles. The highest BCUT2D eigenvalue weighted by molar-refractivity contribution is 6.12. The molecule has 1 aliphatic heterocycles. The number of imide groups is 1.